The summed E-state index contributed by atoms with van der Waals surface area (Å²) in [7, 11) is 0. The van der Waals surface area contributed by atoms with Gasteiger partial charge in [0, 0.05) is 25.6 Å². The number of nitrogens with two attached hydrogens (primary N) is 1. The third-order valence-corrected chi connectivity index (χ3v) is 3.85. The van der Waals surface area contributed by atoms with Crippen molar-refractivity contribution in [1.29, 1.82) is 0 Å². The van der Waals surface area contributed by atoms with E-state index in [1.54, 1.807) is 0 Å². The summed E-state index contributed by atoms with van der Waals surface area (Å²) in [5.74, 6) is 0.588. The summed E-state index contributed by atoms with van der Waals surface area (Å²) in [5.41, 5.74) is 8.05. The van der Waals surface area contributed by atoms with Crippen molar-refractivity contribution in [2.45, 2.75) is 39.3 Å². The van der Waals surface area contributed by atoms with Crippen LogP contribution in [0.5, 0.6) is 0 Å². The maximum atomic E-state index is 12.3. The fraction of sp³-hybridized carbons (Fsp3) is 0.533. The molecule has 0 radical (unpaired) electrons. The van der Waals surface area contributed by atoms with Crippen molar-refractivity contribution in [3.8, 4) is 0 Å². The molecule has 1 fully saturated rings. The predicted molar refractivity (Wildman–Crippen MR) is 72.8 cm³/mol. The molecule has 0 spiro atoms. The lowest BCUT2D eigenvalue weighted by molar-refractivity contribution is -0.138. The lowest BCUT2D eigenvalue weighted by atomic mass is 9.84. The van der Waals surface area contributed by atoms with Crippen LogP contribution < -0.4 is 5.73 Å². The summed E-state index contributed by atoms with van der Waals surface area (Å²) in [5, 5.41) is 0. The Labute approximate surface area is 109 Å². The van der Waals surface area contributed by atoms with E-state index in [2.05, 4.69) is 6.07 Å². The van der Waals surface area contributed by atoms with Gasteiger partial charge in [0.15, 0.2) is 0 Å². The third kappa shape index (κ3) is 2.72. The minimum absolute atomic E-state index is 0.273. The summed E-state index contributed by atoms with van der Waals surface area (Å²) in [6, 6.07) is 8.11. The van der Waals surface area contributed by atoms with Gasteiger partial charge in [-0.25, -0.2) is 0 Å². The summed E-state index contributed by atoms with van der Waals surface area (Å²) in [4.78, 5) is 14.2. The van der Waals surface area contributed by atoms with Crippen LogP contribution in [-0.2, 0) is 17.9 Å². The molecule has 0 atom stereocenters. The number of benzene rings is 1. The van der Waals surface area contributed by atoms with Crippen molar-refractivity contribution < 1.29 is 4.79 Å². The monoisotopic (exact) mass is 246 g/mol. The zero-order valence-corrected chi connectivity index (χ0v) is 11.1. The van der Waals surface area contributed by atoms with E-state index in [0.717, 1.165) is 24.9 Å². The molecular weight excluding hydrogens is 224 g/mol. The topological polar surface area (TPSA) is 46.3 Å². The van der Waals surface area contributed by atoms with Crippen LogP contribution in [0, 0.1) is 5.92 Å². The van der Waals surface area contributed by atoms with Crippen molar-refractivity contribution in [1.82, 2.24) is 4.90 Å². The Morgan fingerprint density at radius 3 is 2.50 bits per heavy atom. The Bertz CT molecular complexity index is 413. The molecule has 1 aromatic rings. The van der Waals surface area contributed by atoms with Gasteiger partial charge in [0.25, 0.3) is 0 Å². The maximum Gasteiger partial charge on any atom is 0.225 e. The SMILES string of the molecule is CCN(Cc1ccccc1CN)C(=O)C1CCC1. The van der Waals surface area contributed by atoms with E-state index in [9.17, 15) is 4.79 Å². The van der Waals surface area contributed by atoms with Gasteiger partial charge in [-0.1, -0.05) is 30.7 Å². The summed E-state index contributed by atoms with van der Waals surface area (Å²) >= 11 is 0. The first kappa shape index (κ1) is 13.1. The van der Waals surface area contributed by atoms with Crippen LogP contribution in [0.2, 0.25) is 0 Å². The van der Waals surface area contributed by atoms with Gasteiger partial charge in [-0.3, -0.25) is 4.79 Å². The van der Waals surface area contributed by atoms with E-state index in [4.69, 9.17) is 5.73 Å². The molecule has 0 saturated heterocycles. The third-order valence-electron chi connectivity index (χ3n) is 3.85. The molecule has 1 aromatic carbocycles. The first-order valence-corrected chi connectivity index (χ1v) is 6.82. The van der Waals surface area contributed by atoms with Gasteiger partial charge < -0.3 is 10.6 Å². The van der Waals surface area contributed by atoms with Gasteiger partial charge in [0.2, 0.25) is 5.91 Å². The molecule has 0 heterocycles. The zero-order chi connectivity index (χ0) is 13.0. The fourth-order valence-electron chi connectivity index (χ4n) is 2.38. The molecule has 18 heavy (non-hydrogen) atoms. The van der Waals surface area contributed by atoms with E-state index in [0.29, 0.717) is 19.0 Å². The highest BCUT2D eigenvalue weighted by molar-refractivity contribution is 5.79. The Morgan fingerprint density at radius 2 is 2.00 bits per heavy atom. The number of amides is 1. The standard InChI is InChI=1S/C15H22N2O/c1-2-17(15(18)12-8-5-9-12)11-14-7-4-3-6-13(14)10-16/h3-4,6-7,12H,2,5,8-11,16H2,1H3. The van der Waals surface area contributed by atoms with Gasteiger partial charge in [-0.15, -0.1) is 0 Å². The van der Waals surface area contributed by atoms with Crippen molar-refractivity contribution in [3.05, 3.63) is 35.4 Å². The minimum atomic E-state index is 0.273. The van der Waals surface area contributed by atoms with Crippen LogP contribution in [0.25, 0.3) is 0 Å². The molecule has 1 saturated carbocycles. The van der Waals surface area contributed by atoms with Crippen LogP contribution >= 0.6 is 0 Å². The number of hydrogen-bond acceptors (Lipinski definition) is 2. The van der Waals surface area contributed by atoms with Crippen molar-refractivity contribution in [2.75, 3.05) is 6.54 Å². The van der Waals surface area contributed by atoms with Crippen molar-refractivity contribution >= 4 is 5.91 Å². The predicted octanol–water partition coefficient (Wildman–Crippen LogP) is 2.29. The van der Waals surface area contributed by atoms with E-state index in [-0.39, 0.29) is 5.92 Å². The van der Waals surface area contributed by atoms with Crippen molar-refractivity contribution in [2.24, 2.45) is 11.7 Å². The molecule has 0 aliphatic heterocycles. The van der Waals surface area contributed by atoms with Gasteiger partial charge >= 0.3 is 0 Å². The Balaban J connectivity index is 2.07. The Morgan fingerprint density at radius 1 is 1.33 bits per heavy atom. The molecule has 1 aliphatic rings. The second kappa shape index (κ2) is 6.01. The van der Waals surface area contributed by atoms with Crippen LogP contribution in [0.4, 0.5) is 0 Å². The number of rotatable bonds is 5. The van der Waals surface area contributed by atoms with Crippen LogP contribution in [0.3, 0.4) is 0 Å². The molecule has 3 nitrogen and oxygen atoms in total. The molecule has 1 aliphatic carbocycles. The van der Waals surface area contributed by atoms with E-state index >= 15 is 0 Å². The number of carbonyl (C=O) groups is 1. The van der Waals surface area contributed by atoms with E-state index < -0.39 is 0 Å². The van der Waals surface area contributed by atoms with E-state index in [1.165, 1.54) is 12.0 Å². The quantitative estimate of drug-likeness (QED) is 0.866. The van der Waals surface area contributed by atoms with Gasteiger partial charge in [-0.05, 0) is 30.9 Å². The van der Waals surface area contributed by atoms with Gasteiger partial charge in [0.1, 0.15) is 0 Å². The van der Waals surface area contributed by atoms with Crippen LogP contribution in [0.1, 0.15) is 37.3 Å². The van der Waals surface area contributed by atoms with Gasteiger partial charge in [-0.2, -0.15) is 0 Å². The molecule has 98 valence electrons. The first-order chi connectivity index (χ1) is 8.76. The van der Waals surface area contributed by atoms with Crippen molar-refractivity contribution in [3.63, 3.8) is 0 Å². The van der Waals surface area contributed by atoms with Gasteiger partial charge in [0.05, 0.1) is 0 Å². The summed E-state index contributed by atoms with van der Waals surface area (Å²) in [6.45, 7) is 4.04. The average Bonchev–Trinajstić information content (AvgIpc) is 2.34. The van der Waals surface area contributed by atoms with Crippen LogP contribution in [0.15, 0.2) is 24.3 Å². The minimum Gasteiger partial charge on any atom is -0.338 e. The average molecular weight is 246 g/mol. The largest absolute Gasteiger partial charge is 0.338 e. The number of nitrogens with zero attached hydrogens (tertiary/aromatic N) is 1. The second-order valence-corrected chi connectivity index (χ2v) is 4.95. The highest BCUT2D eigenvalue weighted by atomic mass is 16.2. The molecular formula is C15H22N2O. The normalized spacial score (nSPS) is 15.2. The molecule has 1 amide bonds. The molecule has 0 unspecified atom stereocenters. The maximum absolute atomic E-state index is 12.3. The first-order valence-electron chi connectivity index (χ1n) is 6.82. The van der Waals surface area contributed by atoms with E-state index in [1.807, 2.05) is 30.0 Å². The summed E-state index contributed by atoms with van der Waals surface area (Å²) < 4.78 is 0. The lowest BCUT2D eigenvalue weighted by Crippen LogP contribution is -2.38. The Kier molecular flexibility index (Phi) is 4.37. The molecule has 3 heteroatoms. The molecule has 2 N–H and O–H groups in total. The molecule has 2 rings (SSSR count). The highest BCUT2D eigenvalue weighted by Crippen LogP contribution is 2.28. The second-order valence-electron chi connectivity index (χ2n) is 4.95. The fourth-order valence-corrected chi connectivity index (χ4v) is 2.38. The smallest absolute Gasteiger partial charge is 0.225 e. The Hall–Kier alpha value is -1.35. The molecule has 0 aromatic heterocycles. The number of carbonyl (C=O) groups excluding carboxylic acids is 1. The number of hydrogen-bond donors (Lipinski definition) is 1. The zero-order valence-electron chi connectivity index (χ0n) is 11.1. The highest BCUT2D eigenvalue weighted by Gasteiger charge is 2.28. The summed E-state index contributed by atoms with van der Waals surface area (Å²) in [6.07, 6.45) is 3.33. The van der Waals surface area contributed by atoms with Crippen LogP contribution in [-0.4, -0.2) is 17.4 Å². The lowest BCUT2D eigenvalue weighted by Gasteiger charge is -2.31. The molecule has 0 bridgehead atoms.